The Balaban J connectivity index is 2.81. The lowest BCUT2D eigenvalue weighted by molar-refractivity contribution is 1.47. The van der Waals surface area contributed by atoms with Crippen LogP contribution in [-0.2, 0) is 5.88 Å². The molecule has 1 aromatic carbocycles. The monoisotopic (exact) mass is 222 g/mol. The zero-order valence-electron chi connectivity index (χ0n) is 7.25. The van der Waals surface area contributed by atoms with Crippen LogP contribution >= 0.6 is 22.9 Å². The number of fused-ring (bicyclic) bond motifs is 1. The number of nitrogens with two attached hydrogens (primary N) is 1. The zero-order chi connectivity index (χ0) is 10.1. The Bertz CT molecular complexity index is 525. The lowest BCUT2D eigenvalue weighted by Gasteiger charge is -2.01. The van der Waals surface area contributed by atoms with Gasteiger partial charge >= 0.3 is 0 Å². The first-order chi connectivity index (χ1) is 6.76. The lowest BCUT2D eigenvalue weighted by atomic mass is 10.1. The fourth-order valence-electron chi connectivity index (χ4n) is 1.37. The highest BCUT2D eigenvalue weighted by molar-refractivity contribution is 7.19. The van der Waals surface area contributed by atoms with Gasteiger partial charge in [-0.1, -0.05) is 6.07 Å². The molecule has 2 aromatic rings. The van der Waals surface area contributed by atoms with E-state index >= 15 is 0 Å². The van der Waals surface area contributed by atoms with Gasteiger partial charge in [-0.15, -0.1) is 22.9 Å². The highest BCUT2D eigenvalue weighted by Gasteiger charge is 2.08. The van der Waals surface area contributed by atoms with Gasteiger partial charge in [-0.3, -0.25) is 0 Å². The summed E-state index contributed by atoms with van der Waals surface area (Å²) in [6, 6.07) is 7.72. The molecule has 0 saturated carbocycles. The van der Waals surface area contributed by atoms with Crippen LogP contribution in [-0.4, -0.2) is 0 Å². The summed E-state index contributed by atoms with van der Waals surface area (Å²) in [5, 5.41) is 9.81. The molecule has 2 nitrogen and oxygen atoms in total. The van der Waals surface area contributed by atoms with Crippen LogP contribution in [0.5, 0.6) is 0 Å². The number of nitrogens with zero attached hydrogens (tertiary/aromatic N) is 1. The number of nitriles is 1. The van der Waals surface area contributed by atoms with E-state index in [9.17, 15) is 0 Å². The molecule has 0 atom stereocenters. The fourth-order valence-corrected chi connectivity index (χ4v) is 2.75. The van der Waals surface area contributed by atoms with Crippen molar-refractivity contribution >= 4 is 38.7 Å². The highest BCUT2D eigenvalue weighted by atomic mass is 35.5. The van der Waals surface area contributed by atoms with Gasteiger partial charge in [-0.25, -0.2) is 0 Å². The SMILES string of the molecule is N#Cc1cc2ccc(N)c(CCl)c2s1. The van der Waals surface area contributed by atoms with Gasteiger partial charge in [-0.2, -0.15) is 5.26 Å². The maximum Gasteiger partial charge on any atom is 0.110 e. The van der Waals surface area contributed by atoms with Gasteiger partial charge in [0.05, 0.1) is 5.88 Å². The van der Waals surface area contributed by atoms with Crippen LogP contribution in [0, 0.1) is 11.3 Å². The van der Waals surface area contributed by atoms with Crippen LogP contribution in [0.2, 0.25) is 0 Å². The molecule has 0 aliphatic carbocycles. The Morgan fingerprint density at radius 1 is 1.50 bits per heavy atom. The Labute approximate surface area is 90.5 Å². The van der Waals surface area contributed by atoms with E-state index in [1.54, 1.807) is 0 Å². The van der Waals surface area contributed by atoms with Crippen LogP contribution in [0.4, 0.5) is 5.69 Å². The third-order valence-electron chi connectivity index (χ3n) is 2.07. The van der Waals surface area contributed by atoms with Crippen molar-refractivity contribution in [3.05, 3.63) is 28.6 Å². The third-order valence-corrected chi connectivity index (χ3v) is 3.45. The molecule has 14 heavy (non-hydrogen) atoms. The van der Waals surface area contributed by atoms with Crippen molar-refractivity contribution < 1.29 is 0 Å². The van der Waals surface area contributed by atoms with Crippen LogP contribution in [0.1, 0.15) is 10.4 Å². The van der Waals surface area contributed by atoms with Gasteiger partial charge in [0, 0.05) is 16.0 Å². The number of thiophene rings is 1. The molecule has 0 saturated heterocycles. The molecule has 0 amide bonds. The van der Waals surface area contributed by atoms with E-state index in [0.29, 0.717) is 16.4 Å². The van der Waals surface area contributed by atoms with E-state index in [1.807, 2.05) is 18.2 Å². The van der Waals surface area contributed by atoms with Gasteiger partial charge in [0.1, 0.15) is 10.9 Å². The van der Waals surface area contributed by atoms with Crippen molar-refractivity contribution in [2.24, 2.45) is 0 Å². The minimum Gasteiger partial charge on any atom is -0.398 e. The van der Waals surface area contributed by atoms with Gasteiger partial charge in [0.2, 0.25) is 0 Å². The molecule has 2 rings (SSSR count). The first kappa shape index (κ1) is 9.32. The average Bonchev–Trinajstić information content (AvgIpc) is 2.60. The van der Waals surface area contributed by atoms with Crippen molar-refractivity contribution in [2.75, 3.05) is 5.73 Å². The molecule has 2 N–H and O–H groups in total. The molecular formula is C10H7ClN2S. The lowest BCUT2D eigenvalue weighted by Crippen LogP contribution is -1.90. The number of alkyl halides is 1. The highest BCUT2D eigenvalue weighted by Crippen LogP contribution is 2.32. The standard InChI is InChI=1S/C10H7ClN2S/c11-4-8-9(13)2-1-6-3-7(5-12)14-10(6)8/h1-3H,4,13H2. The zero-order valence-corrected chi connectivity index (χ0v) is 8.82. The van der Waals surface area contributed by atoms with Crippen LogP contribution in [0.3, 0.4) is 0 Å². The van der Waals surface area contributed by atoms with Crippen LogP contribution in [0.25, 0.3) is 10.1 Å². The molecule has 0 radical (unpaired) electrons. The number of benzene rings is 1. The maximum absolute atomic E-state index is 8.77. The van der Waals surface area contributed by atoms with E-state index in [0.717, 1.165) is 15.6 Å². The van der Waals surface area contributed by atoms with E-state index in [2.05, 4.69) is 6.07 Å². The Hall–Kier alpha value is -1.24. The summed E-state index contributed by atoms with van der Waals surface area (Å²) in [6.45, 7) is 0. The minimum atomic E-state index is 0.383. The normalized spacial score (nSPS) is 10.3. The number of halogens is 1. The summed E-state index contributed by atoms with van der Waals surface area (Å²) in [5.41, 5.74) is 7.41. The van der Waals surface area contributed by atoms with Crippen LogP contribution in [0.15, 0.2) is 18.2 Å². The molecule has 4 heteroatoms. The number of hydrogen-bond donors (Lipinski definition) is 1. The Morgan fingerprint density at radius 3 is 2.93 bits per heavy atom. The number of rotatable bonds is 1. The summed E-state index contributed by atoms with van der Waals surface area (Å²) < 4.78 is 1.02. The van der Waals surface area contributed by atoms with Crippen molar-refractivity contribution in [3.63, 3.8) is 0 Å². The molecular weight excluding hydrogens is 216 g/mol. The van der Waals surface area contributed by atoms with Gasteiger partial charge in [0.15, 0.2) is 0 Å². The van der Waals surface area contributed by atoms with Crippen molar-refractivity contribution in [1.29, 1.82) is 5.26 Å². The van der Waals surface area contributed by atoms with Crippen molar-refractivity contribution in [3.8, 4) is 6.07 Å². The molecule has 0 spiro atoms. The number of nitrogen functional groups attached to an aromatic ring is 1. The van der Waals surface area contributed by atoms with E-state index < -0.39 is 0 Å². The van der Waals surface area contributed by atoms with Gasteiger partial charge < -0.3 is 5.73 Å². The molecule has 0 aliphatic rings. The van der Waals surface area contributed by atoms with E-state index in [-0.39, 0.29) is 0 Å². The second-order valence-corrected chi connectivity index (χ2v) is 4.23. The Morgan fingerprint density at radius 2 is 2.29 bits per heavy atom. The second kappa shape index (κ2) is 3.49. The minimum absolute atomic E-state index is 0.383. The second-order valence-electron chi connectivity index (χ2n) is 2.91. The molecule has 0 bridgehead atoms. The topological polar surface area (TPSA) is 49.8 Å². The molecule has 70 valence electrons. The summed E-state index contributed by atoms with van der Waals surface area (Å²) in [4.78, 5) is 0.692. The Kier molecular flexibility index (Phi) is 2.32. The third kappa shape index (κ3) is 1.33. The molecule has 0 fully saturated rings. The van der Waals surface area contributed by atoms with E-state index in [1.165, 1.54) is 11.3 Å². The number of anilines is 1. The quantitative estimate of drug-likeness (QED) is 0.596. The van der Waals surface area contributed by atoms with Crippen LogP contribution < -0.4 is 5.73 Å². The van der Waals surface area contributed by atoms with Crippen molar-refractivity contribution in [2.45, 2.75) is 5.88 Å². The average molecular weight is 223 g/mol. The first-order valence-electron chi connectivity index (χ1n) is 4.03. The summed E-state index contributed by atoms with van der Waals surface area (Å²) >= 11 is 7.24. The largest absolute Gasteiger partial charge is 0.398 e. The molecule has 0 unspecified atom stereocenters. The summed E-state index contributed by atoms with van der Waals surface area (Å²) in [7, 11) is 0. The predicted octanol–water partition coefficient (Wildman–Crippen LogP) is 3.09. The predicted molar refractivity (Wildman–Crippen MR) is 60.5 cm³/mol. The van der Waals surface area contributed by atoms with E-state index in [4.69, 9.17) is 22.6 Å². The van der Waals surface area contributed by atoms with Gasteiger partial charge in [0.25, 0.3) is 0 Å². The molecule has 1 aromatic heterocycles. The maximum atomic E-state index is 8.77. The fraction of sp³-hybridized carbons (Fsp3) is 0.100. The first-order valence-corrected chi connectivity index (χ1v) is 5.38. The number of hydrogen-bond acceptors (Lipinski definition) is 3. The summed E-state index contributed by atoms with van der Waals surface area (Å²) in [5.74, 6) is 0.383. The van der Waals surface area contributed by atoms with Crippen molar-refractivity contribution in [1.82, 2.24) is 0 Å². The van der Waals surface area contributed by atoms with Gasteiger partial charge in [-0.05, 0) is 17.5 Å². The molecule has 1 heterocycles. The smallest absolute Gasteiger partial charge is 0.110 e. The summed E-state index contributed by atoms with van der Waals surface area (Å²) in [6.07, 6.45) is 0. The molecule has 0 aliphatic heterocycles.